The molecule has 3 fully saturated rings. The Labute approximate surface area is 257 Å². The van der Waals surface area contributed by atoms with E-state index in [-0.39, 0.29) is 24.1 Å². The topological polar surface area (TPSA) is 120 Å². The number of rotatable bonds is 5. The van der Waals surface area contributed by atoms with E-state index in [0.717, 1.165) is 41.5 Å². The maximum Gasteiger partial charge on any atom is 0.410 e. The number of fused-ring (bicyclic) bond motifs is 1. The predicted molar refractivity (Wildman–Crippen MR) is 168 cm³/mol. The second-order valence-corrected chi connectivity index (χ2v) is 14.0. The lowest BCUT2D eigenvalue weighted by Crippen LogP contribution is -2.62. The third-order valence-electron chi connectivity index (χ3n) is 9.07. The van der Waals surface area contributed by atoms with Crippen molar-refractivity contribution in [2.45, 2.75) is 89.6 Å². The average Bonchev–Trinajstić information content (AvgIpc) is 3.42. The number of ether oxygens (including phenoxy) is 1. The highest BCUT2D eigenvalue weighted by molar-refractivity contribution is 5.96. The zero-order valence-corrected chi connectivity index (χ0v) is 26.5. The van der Waals surface area contributed by atoms with Gasteiger partial charge < -0.3 is 29.9 Å². The molecule has 0 radical (unpaired) electrons. The van der Waals surface area contributed by atoms with Crippen molar-refractivity contribution in [3.63, 3.8) is 0 Å². The van der Waals surface area contributed by atoms with Crippen LogP contribution in [0.3, 0.4) is 0 Å². The molecular formula is C32H43FN8O3. The first-order valence-corrected chi connectivity index (χ1v) is 15.5. The second kappa shape index (κ2) is 11.0. The van der Waals surface area contributed by atoms with Crippen LogP contribution in [0.5, 0.6) is 0 Å². The molecule has 3 aromatic rings. The van der Waals surface area contributed by atoms with Crippen LogP contribution in [0.2, 0.25) is 0 Å². The quantitative estimate of drug-likeness (QED) is 0.402. The summed E-state index contributed by atoms with van der Waals surface area (Å²) < 4.78 is 20.5. The minimum Gasteiger partial charge on any atom is -0.444 e. The molecule has 0 aromatic carbocycles. The van der Waals surface area contributed by atoms with Crippen LogP contribution in [0.4, 0.5) is 32.6 Å². The van der Waals surface area contributed by atoms with Crippen molar-refractivity contribution in [1.29, 1.82) is 0 Å². The van der Waals surface area contributed by atoms with Gasteiger partial charge in [-0.05, 0) is 76.0 Å². The highest BCUT2D eigenvalue weighted by atomic mass is 19.1. The fraction of sp³-hybridized carbons (Fsp3) is 0.594. The predicted octanol–water partition coefficient (Wildman–Crippen LogP) is 5.18. The van der Waals surface area contributed by atoms with Gasteiger partial charge >= 0.3 is 6.09 Å². The maximum absolute atomic E-state index is 14.8. The van der Waals surface area contributed by atoms with Crippen molar-refractivity contribution < 1.29 is 19.0 Å². The first-order chi connectivity index (χ1) is 20.7. The van der Waals surface area contributed by atoms with Crippen LogP contribution >= 0.6 is 0 Å². The number of carbonyl (C=O) groups excluding carboxylic acids is 1. The molecule has 11 nitrogen and oxygen atoms in total. The standard InChI is InChI=1S/C32H43FN8O3/c1-20(2)22-16-36-27(41-14-10-32(41)9-13-40(19-32)29(43)44-30(3,4)5)23-17-35-26(15-21(22)23)37-25-7-11-34-28(38-25)39-12-8-24(42)31(6,33)18-39/h7,11,15-17,20,24,42H,8-10,12-14,18-19H2,1-6H3,(H,34,35,37,38)/t24-,31+,32-/m1/s1. The number of aliphatic hydroxyl groups excluding tert-OH is 1. The molecule has 6 heterocycles. The first kappa shape index (κ1) is 30.2. The van der Waals surface area contributed by atoms with Gasteiger partial charge in [-0.15, -0.1) is 0 Å². The van der Waals surface area contributed by atoms with Crippen molar-refractivity contribution in [3.05, 3.63) is 36.3 Å². The molecule has 2 N–H and O–H groups in total. The van der Waals surface area contributed by atoms with Gasteiger partial charge in [0.15, 0.2) is 5.67 Å². The van der Waals surface area contributed by atoms with E-state index in [1.807, 2.05) is 44.1 Å². The number of aliphatic hydroxyl groups is 1. The first-order valence-electron chi connectivity index (χ1n) is 15.5. The fourth-order valence-corrected chi connectivity index (χ4v) is 6.53. The zero-order valence-electron chi connectivity index (χ0n) is 26.5. The highest BCUT2D eigenvalue weighted by Crippen LogP contribution is 2.45. The number of piperidine rings is 1. The summed E-state index contributed by atoms with van der Waals surface area (Å²) in [5, 5.41) is 15.3. The van der Waals surface area contributed by atoms with Crippen molar-refractivity contribution in [1.82, 2.24) is 24.8 Å². The van der Waals surface area contributed by atoms with Gasteiger partial charge in [0, 0.05) is 50.2 Å². The number of carbonyl (C=O) groups is 1. The summed E-state index contributed by atoms with van der Waals surface area (Å²) in [7, 11) is 0. The molecule has 3 saturated heterocycles. The fourth-order valence-electron chi connectivity index (χ4n) is 6.53. The normalized spacial score (nSPS) is 25.6. The number of nitrogens with one attached hydrogen (secondary N) is 1. The largest absolute Gasteiger partial charge is 0.444 e. The molecule has 0 aliphatic carbocycles. The summed E-state index contributed by atoms with van der Waals surface area (Å²) in [6.07, 6.45) is 6.35. The lowest BCUT2D eigenvalue weighted by Gasteiger charge is -2.51. The Balaban J connectivity index is 1.26. The molecule has 12 heteroatoms. The maximum atomic E-state index is 14.8. The van der Waals surface area contributed by atoms with Gasteiger partial charge in [-0.25, -0.2) is 24.1 Å². The van der Waals surface area contributed by atoms with Crippen molar-refractivity contribution in [2.24, 2.45) is 0 Å². The number of halogens is 1. The Kier molecular flexibility index (Phi) is 7.54. The Hall–Kier alpha value is -3.80. The van der Waals surface area contributed by atoms with Crippen molar-refractivity contribution in [2.75, 3.05) is 47.8 Å². The number of likely N-dealkylation sites (tertiary alicyclic amines) is 1. The highest BCUT2D eigenvalue weighted by Gasteiger charge is 2.52. The number of alkyl halides is 1. The summed E-state index contributed by atoms with van der Waals surface area (Å²) in [6.45, 7) is 14.0. The monoisotopic (exact) mass is 606 g/mol. The number of nitrogens with zero attached hydrogens (tertiary/aromatic N) is 7. The molecule has 3 aromatic heterocycles. The molecule has 0 saturated carbocycles. The van der Waals surface area contributed by atoms with E-state index < -0.39 is 17.4 Å². The number of anilines is 4. The molecule has 3 aliphatic heterocycles. The Morgan fingerprint density at radius 1 is 1.09 bits per heavy atom. The number of pyridine rings is 2. The molecule has 3 aliphatic rings. The third-order valence-corrected chi connectivity index (χ3v) is 9.07. The molecule has 6 rings (SSSR count). The van der Waals surface area contributed by atoms with Gasteiger partial charge in [-0.3, -0.25) is 0 Å². The van der Waals surface area contributed by atoms with Gasteiger partial charge in [0.2, 0.25) is 5.95 Å². The van der Waals surface area contributed by atoms with Gasteiger partial charge in [0.25, 0.3) is 0 Å². The summed E-state index contributed by atoms with van der Waals surface area (Å²) >= 11 is 0. The Morgan fingerprint density at radius 3 is 2.55 bits per heavy atom. The number of aromatic nitrogens is 4. The van der Waals surface area contributed by atoms with E-state index in [1.54, 1.807) is 17.2 Å². The molecule has 1 amide bonds. The smallest absolute Gasteiger partial charge is 0.410 e. The Morgan fingerprint density at radius 2 is 1.86 bits per heavy atom. The molecule has 0 bridgehead atoms. The van der Waals surface area contributed by atoms with Crippen LogP contribution in [-0.4, -0.2) is 91.7 Å². The zero-order chi connectivity index (χ0) is 31.4. The van der Waals surface area contributed by atoms with Crippen LogP contribution in [-0.2, 0) is 4.74 Å². The molecule has 3 atom stereocenters. The summed E-state index contributed by atoms with van der Waals surface area (Å²) in [5.41, 5.74) is -1.31. The van der Waals surface area contributed by atoms with Gasteiger partial charge in [-0.1, -0.05) is 13.8 Å². The van der Waals surface area contributed by atoms with Gasteiger partial charge in [0.05, 0.1) is 18.2 Å². The van der Waals surface area contributed by atoms with E-state index in [9.17, 15) is 14.3 Å². The van der Waals surface area contributed by atoms with Gasteiger partial charge in [0.1, 0.15) is 23.1 Å². The molecule has 236 valence electrons. The van der Waals surface area contributed by atoms with Crippen molar-refractivity contribution >= 4 is 40.3 Å². The average molecular weight is 607 g/mol. The van der Waals surface area contributed by atoms with E-state index in [2.05, 4.69) is 34.0 Å². The van der Waals surface area contributed by atoms with Gasteiger partial charge in [-0.2, -0.15) is 4.98 Å². The van der Waals surface area contributed by atoms with Crippen LogP contribution in [0.1, 0.15) is 72.3 Å². The van der Waals surface area contributed by atoms with E-state index in [4.69, 9.17) is 14.7 Å². The molecular weight excluding hydrogens is 563 g/mol. The summed E-state index contributed by atoms with van der Waals surface area (Å²) in [6, 6.07) is 3.78. The molecule has 0 unspecified atom stereocenters. The van der Waals surface area contributed by atoms with Crippen LogP contribution in [0.15, 0.2) is 30.7 Å². The van der Waals surface area contributed by atoms with E-state index in [0.29, 0.717) is 43.6 Å². The van der Waals surface area contributed by atoms with Crippen LogP contribution < -0.4 is 15.1 Å². The lowest BCUT2D eigenvalue weighted by molar-refractivity contribution is -0.00860. The summed E-state index contributed by atoms with van der Waals surface area (Å²) in [5.74, 6) is 2.70. The second-order valence-electron chi connectivity index (χ2n) is 14.0. The Bertz CT molecular complexity index is 1560. The number of hydrogen-bond donors (Lipinski definition) is 2. The molecule has 1 spiro atoms. The summed E-state index contributed by atoms with van der Waals surface area (Å²) in [4.78, 5) is 37.4. The van der Waals surface area contributed by atoms with Crippen LogP contribution in [0, 0.1) is 0 Å². The SMILES string of the molecule is CC(C)c1cnc(N2CC[C@@]23CCN(C(=O)OC(C)(C)C)C3)c2cnc(Nc3ccnc(N4CC[C@@H](O)[C@@](C)(F)C4)n3)cc12. The third kappa shape index (κ3) is 5.71. The minimum absolute atomic E-state index is 0.0207. The van der Waals surface area contributed by atoms with E-state index in [1.165, 1.54) is 6.92 Å². The number of amides is 1. The number of hydrogen-bond acceptors (Lipinski definition) is 10. The molecule has 44 heavy (non-hydrogen) atoms. The van der Waals surface area contributed by atoms with Crippen molar-refractivity contribution in [3.8, 4) is 0 Å². The van der Waals surface area contributed by atoms with E-state index >= 15 is 0 Å². The minimum atomic E-state index is -1.73. The lowest BCUT2D eigenvalue weighted by atomic mass is 9.83. The van der Waals surface area contributed by atoms with Crippen LogP contribution in [0.25, 0.3) is 10.8 Å².